The first-order valence-electron chi connectivity index (χ1n) is 7.63. The van der Waals surface area contributed by atoms with E-state index in [0.717, 1.165) is 17.7 Å². The maximum atomic E-state index is 12.7. The lowest BCUT2D eigenvalue weighted by Gasteiger charge is -2.11. The molecular formula is C17H16F3N3O3. The van der Waals surface area contributed by atoms with Gasteiger partial charge >= 0.3 is 6.18 Å². The molecule has 0 fully saturated rings. The van der Waals surface area contributed by atoms with Gasteiger partial charge in [0.25, 0.3) is 11.6 Å². The zero-order valence-electron chi connectivity index (χ0n) is 13.8. The highest BCUT2D eigenvalue weighted by Gasteiger charge is 2.32. The highest BCUT2D eigenvalue weighted by molar-refractivity contribution is 5.94. The summed E-state index contributed by atoms with van der Waals surface area (Å²) in [6.45, 7) is 2.15. The molecule has 0 atom stereocenters. The van der Waals surface area contributed by atoms with Gasteiger partial charge in [-0.3, -0.25) is 14.9 Å². The van der Waals surface area contributed by atoms with E-state index in [2.05, 4.69) is 10.6 Å². The van der Waals surface area contributed by atoms with Crippen molar-refractivity contribution in [2.45, 2.75) is 13.1 Å². The first-order valence-corrected chi connectivity index (χ1v) is 7.63. The number of halogens is 3. The first kappa shape index (κ1) is 19.2. The van der Waals surface area contributed by atoms with E-state index >= 15 is 0 Å². The van der Waals surface area contributed by atoms with Crippen molar-refractivity contribution in [2.24, 2.45) is 0 Å². The Bertz CT molecular complexity index is 805. The molecule has 2 aromatic carbocycles. The summed E-state index contributed by atoms with van der Waals surface area (Å²) in [5, 5.41) is 16.3. The molecule has 0 bridgehead atoms. The van der Waals surface area contributed by atoms with Crippen molar-refractivity contribution in [3.05, 3.63) is 69.3 Å². The number of nitro groups is 1. The van der Waals surface area contributed by atoms with Crippen LogP contribution in [0.5, 0.6) is 0 Å². The molecule has 0 spiro atoms. The third kappa shape index (κ3) is 4.95. The molecule has 2 N–H and O–H groups in total. The molecule has 138 valence electrons. The average Bonchev–Trinajstić information content (AvgIpc) is 2.58. The van der Waals surface area contributed by atoms with Crippen molar-refractivity contribution in [1.29, 1.82) is 0 Å². The fourth-order valence-electron chi connectivity index (χ4n) is 2.19. The predicted molar refractivity (Wildman–Crippen MR) is 90.1 cm³/mol. The number of hydrogen-bond acceptors (Lipinski definition) is 4. The fourth-order valence-corrected chi connectivity index (χ4v) is 2.19. The van der Waals surface area contributed by atoms with Gasteiger partial charge in [-0.2, -0.15) is 13.2 Å². The summed E-state index contributed by atoms with van der Waals surface area (Å²) < 4.78 is 38.0. The van der Waals surface area contributed by atoms with Gasteiger partial charge in [0, 0.05) is 24.7 Å². The smallest absolute Gasteiger partial charge is 0.378 e. The van der Waals surface area contributed by atoms with Crippen LogP contribution >= 0.6 is 0 Å². The maximum Gasteiger partial charge on any atom is 0.416 e. The van der Waals surface area contributed by atoms with Crippen LogP contribution in [0.3, 0.4) is 0 Å². The van der Waals surface area contributed by atoms with E-state index in [1.165, 1.54) is 0 Å². The van der Waals surface area contributed by atoms with Crippen LogP contribution in [-0.4, -0.2) is 23.9 Å². The normalized spacial score (nSPS) is 11.1. The van der Waals surface area contributed by atoms with Crippen LogP contribution in [-0.2, 0) is 6.18 Å². The number of carbonyl (C=O) groups excluding carboxylic acids is 1. The second-order valence-corrected chi connectivity index (χ2v) is 5.54. The minimum atomic E-state index is -4.66. The van der Waals surface area contributed by atoms with Gasteiger partial charge in [-0.15, -0.1) is 0 Å². The molecule has 2 aromatic rings. The van der Waals surface area contributed by atoms with Crippen molar-refractivity contribution >= 4 is 17.3 Å². The molecular weight excluding hydrogens is 351 g/mol. The lowest BCUT2D eigenvalue weighted by molar-refractivity contribution is -0.384. The van der Waals surface area contributed by atoms with Crippen LogP contribution in [0.15, 0.2) is 42.5 Å². The van der Waals surface area contributed by atoms with E-state index < -0.39 is 22.4 Å². The van der Waals surface area contributed by atoms with Gasteiger partial charge in [0.05, 0.1) is 10.5 Å². The number of carbonyl (C=O) groups is 1. The summed E-state index contributed by atoms with van der Waals surface area (Å²) in [5.74, 6) is -0.311. The number of hydrogen-bond donors (Lipinski definition) is 2. The van der Waals surface area contributed by atoms with Crippen LogP contribution < -0.4 is 10.6 Å². The molecule has 0 heterocycles. The van der Waals surface area contributed by atoms with Gasteiger partial charge in [0.1, 0.15) is 5.69 Å². The number of nitrogens with one attached hydrogen (secondary N) is 2. The Hall–Kier alpha value is -3.10. The van der Waals surface area contributed by atoms with Gasteiger partial charge in [-0.25, -0.2) is 0 Å². The monoisotopic (exact) mass is 367 g/mol. The second kappa shape index (κ2) is 7.85. The van der Waals surface area contributed by atoms with Gasteiger partial charge in [-0.05, 0) is 31.2 Å². The molecule has 0 saturated carbocycles. The summed E-state index contributed by atoms with van der Waals surface area (Å²) in [4.78, 5) is 22.0. The van der Waals surface area contributed by atoms with E-state index in [1.54, 1.807) is 24.3 Å². The lowest BCUT2D eigenvalue weighted by Crippen LogP contribution is -2.28. The Kier molecular flexibility index (Phi) is 5.81. The number of alkyl halides is 3. The predicted octanol–water partition coefficient (Wildman–Crippen LogP) is 3.76. The Balaban J connectivity index is 1.95. The van der Waals surface area contributed by atoms with Crippen LogP contribution in [0.2, 0.25) is 0 Å². The van der Waals surface area contributed by atoms with Crippen molar-refractivity contribution in [1.82, 2.24) is 5.32 Å². The summed E-state index contributed by atoms with van der Waals surface area (Å²) in [5.41, 5.74) is -0.339. The fraction of sp³-hybridized carbons (Fsp3) is 0.235. The molecule has 0 saturated heterocycles. The zero-order valence-corrected chi connectivity index (χ0v) is 13.8. The molecule has 0 aliphatic rings. The van der Waals surface area contributed by atoms with Crippen LogP contribution in [0.1, 0.15) is 21.5 Å². The number of anilines is 1. The highest BCUT2D eigenvalue weighted by atomic mass is 19.4. The molecule has 0 unspecified atom stereocenters. The van der Waals surface area contributed by atoms with Gasteiger partial charge in [0.2, 0.25) is 0 Å². The Morgan fingerprint density at radius 2 is 1.77 bits per heavy atom. The van der Waals surface area contributed by atoms with Gasteiger partial charge in [-0.1, -0.05) is 17.7 Å². The maximum absolute atomic E-state index is 12.7. The van der Waals surface area contributed by atoms with Gasteiger partial charge < -0.3 is 10.6 Å². The highest BCUT2D eigenvalue weighted by Crippen LogP contribution is 2.34. The molecule has 1 amide bonds. The Morgan fingerprint density at radius 3 is 2.35 bits per heavy atom. The largest absolute Gasteiger partial charge is 0.416 e. The topological polar surface area (TPSA) is 84.3 Å². The van der Waals surface area contributed by atoms with Gasteiger partial charge in [0.15, 0.2) is 0 Å². The molecule has 26 heavy (non-hydrogen) atoms. The quantitative estimate of drug-likeness (QED) is 0.463. The van der Waals surface area contributed by atoms with Crippen LogP contribution in [0.25, 0.3) is 0 Å². The summed E-state index contributed by atoms with van der Waals surface area (Å²) >= 11 is 0. The van der Waals surface area contributed by atoms with E-state index in [9.17, 15) is 28.1 Å². The third-order valence-corrected chi connectivity index (χ3v) is 3.56. The third-order valence-electron chi connectivity index (χ3n) is 3.56. The lowest BCUT2D eigenvalue weighted by atomic mass is 10.1. The first-order chi connectivity index (χ1) is 12.2. The minimum Gasteiger partial charge on any atom is -0.378 e. The minimum absolute atomic E-state index is 0.0485. The van der Waals surface area contributed by atoms with E-state index in [0.29, 0.717) is 11.6 Å². The average molecular weight is 367 g/mol. The van der Waals surface area contributed by atoms with Crippen molar-refractivity contribution in [2.75, 3.05) is 18.4 Å². The molecule has 0 aliphatic carbocycles. The summed E-state index contributed by atoms with van der Waals surface area (Å²) in [6, 6.07) is 9.16. The standard InChI is InChI=1S/C17H16F3N3O3/c1-11-2-4-12(5-3-11)16(24)22-9-8-21-14-7-6-13(17(18,19)20)10-15(14)23(25)26/h2-7,10,21H,8-9H2,1H3,(H,22,24). The molecule has 6 nitrogen and oxygen atoms in total. The summed E-state index contributed by atoms with van der Waals surface area (Å²) in [7, 11) is 0. The molecule has 0 aliphatic heterocycles. The molecule has 9 heteroatoms. The van der Waals surface area contributed by atoms with E-state index in [4.69, 9.17) is 0 Å². The van der Waals surface area contributed by atoms with Crippen molar-refractivity contribution < 1.29 is 22.9 Å². The number of nitro benzene ring substituents is 1. The number of nitrogens with zero attached hydrogens (tertiary/aromatic N) is 1. The van der Waals surface area contributed by atoms with Crippen molar-refractivity contribution in [3.8, 4) is 0 Å². The zero-order chi connectivity index (χ0) is 19.3. The Labute approximate surface area is 147 Å². The SMILES string of the molecule is Cc1ccc(C(=O)NCCNc2ccc(C(F)(F)F)cc2[N+](=O)[O-])cc1. The number of aryl methyl sites for hydroxylation is 1. The molecule has 0 aromatic heterocycles. The number of benzene rings is 2. The van der Waals surface area contributed by atoms with Crippen LogP contribution in [0.4, 0.5) is 24.5 Å². The van der Waals surface area contributed by atoms with Crippen LogP contribution in [0, 0.1) is 17.0 Å². The van der Waals surface area contributed by atoms with E-state index in [-0.39, 0.29) is 24.7 Å². The summed E-state index contributed by atoms with van der Waals surface area (Å²) in [6.07, 6.45) is -4.66. The van der Waals surface area contributed by atoms with E-state index in [1.807, 2.05) is 6.92 Å². The number of rotatable bonds is 6. The molecule has 2 rings (SSSR count). The Morgan fingerprint density at radius 1 is 1.12 bits per heavy atom. The second-order valence-electron chi connectivity index (χ2n) is 5.54. The number of amides is 1. The molecule has 0 radical (unpaired) electrons. The van der Waals surface area contributed by atoms with Crippen molar-refractivity contribution in [3.63, 3.8) is 0 Å².